The lowest BCUT2D eigenvalue weighted by Crippen LogP contribution is -2.63. The largest absolute Gasteiger partial charge is 0.382 e. The lowest BCUT2D eigenvalue weighted by atomic mass is 9.89. The molecule has 0 bridgehead atoms. The van der Waals surface area contributed by atoms with Crippen LogP contribution in [0.4, 0.5) is 5.82 Å². The molecule has 0 atom stereocenters. The topological polar surface area (TPSA) is 159 Å². The molecule has 32 heavy (non-hydrogen) atoms. The monoisotopic (exact) mass is 449 g/mol. The van der Waals surface area contributed by atoms with E-state index in [9.17, 15) is 13.7 Å². The Labute approximate surface area is 183 Å². The Morgan fingerprint density at radius 2 is 2.12 bits per heavy atom. The normalized spacial score (nSPS) is 16.0. The first-order valence-electron chi connectivity index (χ1n) is 9.75. The van der Waals surface area contributed by atoms with Gasteiger partial charge in [0.05, 0.1) is 35.5 Å². The number of aromatic amines is 1. The van der Waals surface area contributed by atoms with Crippen LogP contribution in [0.5, 0.6) is 0 Å². The standard InChI is InChI=1S/C20H19N9O2S/c1-32(30,31)28-11-20(12-28,5-6-21)29-8-4-15(27-29)18-13-3-2-7-23-16(13)9-17(25-18)14-10-24-26-19(14)22/h2-4,7-10H,5,11-12H2,1H3,(H3,22,24,26). The van der Waals surface area contributed by atoms with E-state index in [1.165, 1.54) is 4.31 Å². The average Bonchev–Trinajstić information content (AvgIpc) is 3.38. The third kappa shape index (κ3) is 3.19. The van der Waals surface area contributed by atoms with Crippen LogP contribution in [0.15, 0.2) is 42.9 Å². The van der Waals surface area contributed by atoms with E-state index >= 15 is 0 Å². The number of nitrogens with one attached hydrogen (secondary N) is 1. The number of nitrogens with two attached hydrogens (primary N) is 1. The van der Waals surface area contributed by atoms with Gasteiger partial charge in [0, 0.05) is 37.1 Å². The molecule has 0 aliphatic carbocycles. The van der Waals surface area contributed by atoms with Crippen LogP contribution in [0, 0.1) is 11.3 Å². The van der Waals surface area contributed by atoms with Gasteiger partial charge in [0.15, 0.2) is 5.82 Å². The molecule has 0 amide bonds. The molecule has 0 saturated carbocycles. The molecule has 5 heterocycles. The van der Waals surface area contributed by atoms with Crippen LogP contribution in [-0.4, -0.2) is 62.0 Å². The summed E-state index contributed by atoms with van der Waals surface area (Å²) in [7, 11) is -3.33. The number of sulfonamides is 1. The molecule has 0 spiro atoms. The highest BCUT2D eigenvalue weighted by molar-refractivity contribution is 7.88. The molecule has 0 radical (unpaired) electrons. The van der Waals surface area contributed by atoms with Crippen molar-refractivity contribution < 1.29 is 8.42 Å². The minimum absolute atomic E-state index is 0.140. The van der Waals surface area contributed by atoms with Crippen LogP contribution in [0.1, 0.15) is 6.42 Å². The van der Waals surface area contributed by atoms with Gasteiger partial charge in [0.2, 0.25) is 10.0 Å². The molecule has 4 aromatic rings. The zero-order chi connectivity index (χ0) is 22.5. The van der Waals surface area contributed by atoms with Gasteiger partial charge in [-0.25, -0.2) is 13.4 Å². The minimum atomic E-state index is -3.33. The number of pyridine rings is 2. The maximum atomic E-state index is 11.9. The summed E-state index contributed by atoms with van der Waals surface area (Å²) >= 11 is 0. The number of nitrogens with zero attached hydrogens (tertiary/aromatic N) is 7. The maximum absolute atomic E-state index is 11.9. The second-order valence-corrected chi connectivity index (χ2v) is 9.83. The van der Waals surface area contributed by atoms with Gasteiger partial charge < -0.3 is 5.73 Å². The van der Waals surface area contributed by atoms with Crippen molar-refractivity contribution in [1.29, 1.82) is 5.26 Å². The summed E-state index contributed by atoms with van der Waals surface area (Å²) in [5, 5.41) is 21.6. The third-order valence-corrected chi connectivity index (χ3v) is 6.88. The van der Waals surface area contributed by atoms with Crippen LogP contribution in [-0.2, 0) is 15.6 Å². The molecule has 162 valence electrons. The van der Waals surface area contributed by atoms with Crippen molar-refractivity contribution in [3.63, 3.8) is 0 Å². The Morgan fingerprint density at radius 3 is 2.81 bits per heavy atom. The van der Waals surface area contributed by atoms with Crippen molar-refractivity contribution in [2.24, 2.45) is 0 Å². The number of anilines is 1. The molecule has 4 aromatic heterocycles. The fraction of sp³-hybridized carbons (Fsp3) is 0.250. The van der Waals surface area contributed by atoms with Crippen LogP contribution in [0.25, 0.3) is 33.5 Å². The predicted molar refractivity (Wildman–Crippen MR) is 117 cm³/mol. The Hall–Kier alpha value is -3.82. The van der Waals surface area contributed by atoms with Crippen molar-refractivity contribution in [2.75, 3.05) is 25.1 Å². The maximum Gasteiger partial charge on any atom is 0.211 e. The first-order chi connectivity index (χ1) is 15.3. The van der Waals surface area contributed by atoms with Crippen LogP contribution in [0.3, 0.4) is 0 Å². The highest BCUT2D eigenvalue weighted by Gasteiger charge is 2.49. The summed E-state index contributed by atoms with van der Waals surface area (Å²) < 4.78 is 26.7. The van der Waals surface area contributed by atoms with Crippen molar-refractivity contribution in [1.82, 2.24) is 34.3 Å². The second-order valence-electron chi connectivity index (χ2n) is 7.85. The molecule has 0 unspecified atom stereocenters. The fourth-order valence-corrected chi connectivity index (χ4v) is 4.91. The van der Waals surface area contributed by atoms with E-state index in [2.05, 4.69) is 21.3 Å². The van der Waals surface area contributed by atoms with Crippen molar-refractivity contribution in [3.05, 3.63) is 42.9 Å². The average molecular weight is 450 g/mol. The highest BCUT2D eigenvalue weighted by Crippen LogP contribution is 2.36. The Bertz CT molecular complexity index is 1480. The first-order valence-corrected chi connectivity index (χ1v) is 11.6. The van der Waals surface area contributed by atoms with Gasteiger partial charge in [-0.05, 0) is 24.3 Å². The van der Waals surface area contributed by atoms with Gasteiger partial charge in [-0.2, -0.15) is 19.8 Å². The van der Waals surface area contributed by atoms with Crippen LogP contribution >= 0.6 is 0 Å². The molecule has 1 aliphatic heterocycles. The molecule has 1 fully saturated rings. The Balaban J connectivity index is 1.60. The minimum Gasteiger partial charge on any atom is -0.382 e. The van der Waals surface area contributed by atoms with Crippen molar-refractivity contribution in [2.45, 2.75) is 12.0 Å². The number of nitrogen functional groups attached to an aromatic ring is 1. The van der Waals surface area contributed by atoms with E-state index in [0.717, 1.165) is 17.2 Å². The summed E-state index contributed by atoms with van der Waals surface area (Å²) in [5.41, 5.74) is 8.43. The van der Waals surface area contributed by atoms with Gasteiger partial charge >= 0.3 is 0 Å². The van der Waals surface area contributed by atoms with Gasteiger partial charge in [0.25, 0.3) is 0 Å². The number of aromatic nitrogens is 6. The number of hydrogen-bond donors (Lipinski definition) is 2. The summed E-state index contributed by atoms with van der Waals surface area (Å²) in [6, 6.07) is 9.54. The summed E-state index contributed by atoms with van der Waals surface area (Å²) in [4.78, 5) is 9.24. The van der Waals surface area contributed by atoms with Crippen LogP contribution < -0.4 is 5.73 Å². The predicted octanol–water partition coefficient (Wildman–Crippen LogP) is 1.35. The SMILES string of the molecule is CS(=O)(=O)N1CC(CC#N)(n2ccc(-c3nc(-c4c[nH]nc4N)cc4ncccc34)n2)C1. The van der Waals surface area contributed by atoms with Crippen molar-refractivity contribution >= 4 is 26.7 Å². The van der Waals surface area contributed by atoms with E-state index < -0.39 is 15.6 Å². The van der Waals surface area contributed by atoms with Crippen molar-refractivity contribution in [3.8, 4) is 28.7 Å². The third-order valence-electron chi connectivity index (χ3n) is 5.68. The molecule has 3 N–H and O–H groups in total. The van der Waals surface area contributed by atoms with E-state index in [1.54, 1.807) is 29.3 Å². The number of rotatable bonds is 5. The second kappa shape index (κ2) is 7.11. The Morgan fingerprint density at radius 1 is 1.31 bits per heavy atom. The van der Waals surface area contributed by atoms with E-state index in [-0.39, 0.29) is 19.5 Å². The summed E-state index contributed by atoms with van der Waals surface area (Å²) in [6.45, 7) is 0.393. The van der Waals surface area contributed by atoms with E-state index in [1.807, 2.05) is 18.2 Å². The smallest absolute Gasteiger partial charge is 0.211 e. The van der Waals surface area contributed by atoms with E-state index in [4.69, 9.17) is 15.8 Å². The number of H-pyrrole nitrogens is 1. The fourth-order valence-electron chi connectivity index (χ4n) is 3.96. The van der Waals surface area contributed by atoms with Gasteiger partial charge in [0.1, 0.15) is 16.9 Å². The van der Waals surface area contributed by atoms with Gasteiger partial charge in [-0.1, -0.05) is 0 Å². The van der Waals surface area contributed by atoms with Crippen LogP contribution in [0.2, 0.25) is 0 Å². The lowest BCUT2D eigenvalue weighted by molar-refractivity contribution is 0.0726. The Kier molecular flexibility index (Phi) is 4.47. The lowest BCUT2D eigenvalue weighted by Gasteiger charge is -2.47. The zero-order valence-corrected chi connectivity index (χ0v) is 17.9. The molecule has 1 saturated heterocycles. The number of nitriles is 1. The zero-order valence-electron chi connectivity index (χ0n) is 17.1. The summed E-state index contributed by atoms with van der Waals surface area (Å²) in [6.07, 6.45) is 6.43. The molecular weight excluding hydrogens is 430 g/mol. The highest BCUT2D eigenvalue weighted by atomic mass is 32.2. The number of hydrogen-bond acceptors (Lipinski definition) is 8. The van der Waals surface area contributed by atoms with Gasteiger partial charge in [-0.15, -0.1) is 0 Å². The molecule has 0 aromatic carbocycles. The summed E-state index contributed by atoms with van der Waals surface area (Å²) in [5.74, 6) is 0.326. The molecule has 1 aliphatic rings. The molecule has 5 rings (SSSR count). The molecule has 11 nitrogen and oxygen atoms in total. The number of fused-ring (bicyclic) bond motifs is 1. The van der Waals surface area contributed by atoms with E-state index in [0.29, 0.717) is 28.5 Å². The quantitative estimate of drug-likeness (QED) is 0.462. The molecule has 12 heteroatoms. The van der Waals surface area contributed by atoms with Gasteiger partial charge in [-0.3, -0.25) is 14.8 Å². The molecular formula is C20H19N9O2S. The first kappa shape index (κ1) is 20.1.